The number of carbonyl (C=O) groups is 1. The van der Waals surface area contributed by atoms with Gasteiger partial charge in [-0.15, -0.1) is 0 Å². The number of carbonyl (C=O) groups excluding carboxylic acids is 1. The number of hydrogen-bond donors (Lipinski definition) is 2. The number of thioether (sulfide) groups is 1. The number of hydrogen-bond acceptors (Lipinski definition) is 5. The first-order valence-electron chi connectivity index (χ1n) is 10.2. The third-order valence-electron chi connectivity index (χ3n) is 4.70. The highest BCUT2D eigenvalue weighted by Gasteiger charge is 2.24. The Morgan fingerprint density at radius 3 is 2.17 bits per heavy atom. The Hall–Kier alpha value is -1.67. The minimum atomic E-state index is -3.62. The van der Waals surface area contributed by atoms with Gasteiger partial charge in [0.1, 0.15) is 0 Å². The minimum Gasteiger partial charge on any atom is -0.306 e. The Kier molecular flexibility index (Phi) is 10.0. The van der Waals surface area contributed by atoms with Crippen LogP contribution in [0, 0.1) is 5.92 Å². The van der Waals surface area contributed by atoms with Gasteiger partial charge in [0.05, 0.1) is 16.7 Å². The van der Waals surface area contributed by atoms with Crippen LogP contribution in [0.1, 0.15) is 25.8 Å². The Morgan fingerprint density at radius 1 is 1.00 bits per heavy atom. The van der Waals surface area contributed by atoms with Gasteiger partial charge >= 0.3 is 0 Å². The van der Waals surface area contributed by atoms with E-state index in [0.29, 0.717) is 31.1 Å². The zero-order valence-corrected chi connectivity index (χ0v) is 19.5. The summed E-state index contributed by atoms with van der Waals surface area (Å²) in [5, 5.41) is 3.34. The maximum absolute atomic E-state index is 12.8. The average molecular weight is 449 g/mol. The van der Waals surface area contributed by atoms with E-state index in [1.807, 2.05) is 36.6 Å². The van der Waals surface area contributed by atoms with Crippen LogP contribution in [0.2, 0.25) is 0 Å². The van der Waals surface area contributed by atoms with Crippen LogP contribution in [0.5, 0.6) is 0 Å². The number of rotatable bonds is 13. The molecule has 0 aliphatic rings. The second-order valence-corrected chi connectivity index (χ2v) is 10.4. The fourth-order valence-corrected chi connectivity index (χ4v) is 5.06. The maximum Gasteiger partial charge on any atom is 0.240 e. The van der Waals surface area contributed by atoms with E-state index in [1.165, 1.54) is 11.8 Å². The molecule has 0 saturated carbocycles. The van der Waals surface area contributed by atoms with Gasteiger partial charge in [-0.1, -0.05) is 62.4 Å². The molecule has 2 unspecified atom stereocenters. The maximum atomic E-state index is 12.8. The van der Waals surface area contributed by atoms with E-state index in [0.717, 1.165) is 5.56 Å². The number of sulfonamides is 1. The summed E-state index contributed by atoms with van der Waals surface area (Å²) in [7, 11) is -3.62. The van der Waals surface area contributed by atoms with Gasteiger partial charge < -0.3 is 5.32 Å². The number of Topliss-reactive ketones (excluding diaryl/α,β-unsaturated/α-hetero) is 1. The molecule has 0 spiro atoms. The lowest BCUT2D eigenvalue weighted by Crippen LogP contribution is -2.48. The smallest absolute Gasteiger partial charge is 0.240 e. The second kappa shape index (κ2) is 12.2. The van der Waals surface area contributed by atoms with E-state index in [-0.39, 0.29) is 22.8 Å². The van der Waals surface area contributed by atoms with Crippen molar-refractivity contribution in [3.05, 3.63) is 66.2 Å². The van der Waals surface area contributed by atoms with Crippen LogP contribution in [0.3, 0.4) is 0 Å². The summed E-state index contributed by atoms with van der Waals surface area (Å²) < 4.78 is 28.4. The van der Waals surface area contributed by atoms with Crippen molar-refractivity contribution in [1.29, 1.82) is 0 Å². The van der Waals surface area contributed by atoms with E-state index < -0.39 is 10.0 Å². The number of benzene rings is 2. The molecule has 30 heavy (non-hydrogen) atoms. The van der Waals surface area contributed by atoms with Crippen molar-refractivity contribution >= 4 is 27.6 Å². The van der Waals surface area contributed by atoms with Crippen molar-refractivity contribution in [1.82, 2.24) is 10.0 Å². The van der Waals surface area contributed by atoms with Gasteiger partial charge in [-0.3, -0.25) is 4.79 Å². The van der Waals surface area contributed by atoms with Crippen molar-refractivity contribution < 1.29 is 13.2 Å². The van der Waals surface area contributed by atoms with Gasteiger partial charge in [0, 0.05) is 12.6 Å². The van der Waals surface area contributed by atoms with Crippen molar-refractivity contribution in [2.24, 2.45) is 5.92 Å². The molecule has 0 aromatic heterocycles. The molecule has 7 heteroatoms. The molecule has 2 aromatic rings. The van der Waals surface area contributed by atoms with Crippen molar-refractivity contribution in [2.45, 2.75) is 43.7 Å². The lowest BCUT2D eigenvalue weighted by molar-refractivity contribution is -0.118. The van der Waals surface area contributed by atoms with E-state index in [2.05, 4.69) is 23.9 Å². The normalized spacial score (nSPS) is 13.9. The molecule has 0 aliphatic carbocycles. The zero-order chi connectivity index (χ0) is 22.0. The predicted molar refractivity (Wildman–Crippen MR) is 125 cm³/mol. The zero-order valence-electron chi connectivity index (χ0n) is 17.9. The summed E-state index contributed by atoms with van der Waals surface area (Å²) in [6.45, 7) is 4.51. The van der Waals surface area contributed by atoms with Gasteiger partial charge in [0.2, 0.25) is 10.0 Å². The van der Waals surface area contributed by atoms with Crippen LogP contribution in [-0.2, 0) is 21.2 Å². The lowest BCUT2D eigenvalue weighted by atomic mass is 10.0. The Labute approximate surface area is 185 Å². The molecule has 0 fully saturated rings. The molecule has 5 nitrogen and oxygen atoms in total. The molecule has 0 saturated heterocycles. The molecule has 2 N–H and O–H groups in total. The molecule has 0 aliphatic heterocycles. The van der Waals surface area contributed by atoms with Gasteiger partial charge in [-0.25, -0.2) is 13.1 Å². The molecule has 0 heterocycles. The first-order valence-corrected chi connectivity index (χ1v) is 13.1. The molecule has 164 valence electrons. The van der Waals surface area contributed by atoms with Crippen LogP contribution in [0.15, 0.2) is 65.6 Å². The SMILES string of the molecule is CSCC(=O)C(Cc1ccccc1)NCC(CC(C)C)NS(=O)(=O)c1ccccc1. The molecular weight excluding hydrogens is 416 g/mol. The topological polar surface area (TPSA) is 75.3 Å². The highest BCUT2D eigenvalue weighted by atomic mass is 32.2. The van der Waals surface area contributed by atoms with E-state index in [1.54, 1.807) is 30.3 Å². The summed E-state index contributed by atoms with van der Waals surface area (Å²) in [5.41, 5.74) is 1.08. The number of nitrogens with one attached hydrogen (secondary N) is 2. The largest absolute Gasteiger partial charge is 0.306 e. The highest BCUT2D eigenvalue weighted by molar-refractivity contribution is 7.99. The first-order chi connectivity index (χ1) is 14.3. The fourth-order valence-electron chi connectivity index (χ4n) is 3.31. The van der Waals surface area contributed by atoms with Gasteiger partial charge in [0.15, 0.2) is 5.78 Å². The molecule has 2 rings (SSSR count). The van der Waals surface area contributed by atoms with Gasteiger partial charge in [-0.05, 0) is 42.7 Å². The number of ketones is 1. The fraction of sp³-hybridized carbons (Fsp3) is 0.435. The van der Waals surface area contributed by atoms with Crippen LogP contribution in [0.25, 0.3) is 0 Å². The molecule has 2 atom stereocenters. The van der Waals surface area contributed by atoms with Crippen molar-refractivity contribution in [2.75, 3.05) is 18.6 Å². The third kappa shape index (κ3) is 8.22. The highest BCUT2D eigenvalue weighted by Crippen LogP contribution is 2.13. The van der Waals surface area contributed by atoms with Crippen LogP contribution < -0.4 is 10.0 Å². The summed E-state index contributed by atoms with van der Waals surface area (Å²) in [6.07, 6.45) is 3.17. The van der Waals surface area contributed by atoms with Crippen LogP contribution in [-0.4, -0.2) is 44.8 Å². The molecule has 0 amide bonds. The monoisotopic (exact) mass is 448 g/mol. The summed E-state index contributed by atoms with van der Waals surface area (Å²) in [6, 6.07) is 17.6. The molecule has 0 radical (unpaired) electrons. The third-order valence-corrected chi connectivity index (χ3v) is 6.81. The van der Waals surface area contributed by atoms with Crippen LogP contribution >= 0.6 is 11.8 Å². The summed E-state index contributed by atoms with van der Waals surface area (Å²) >= 11 is 1.50. The summed E-state index contributed by atoms with van der Waals surface area (Å²) in [5.74, 6) is 0.861. The summed E-state index contributed by atoms with van der Waals surface area (Å²) in [4.78, 5) is 12.9. The molecular formula is C23H32N2O3S2. The van der Waals surface area contributed by atoms with Crippen molar-refractivity contribution in [3.8, 4) is 0 Å². The Bertz CT molecular complexity index is 872. The van der Waals surface area contributed by atoms with E-state index >= 15 is 0 Å². The van der Waals surface area contributed by atoms with E-state index in [9.17, 15) is 13.2 Å². The average Bonchev–Trinajstić information content (AvgIpc) is 2.72. The Morgan fingerprint density at radius 2 is 1.60 bits per heavy atom. The van der Waals surface area contributed by atoms with Gasteiger partial charge in [0.25, 0.3) is 0 Å². The standard InChI is InChI=1S/C23H32N2O3S2/c1-18(2)14-20(25-30(27,28)21-12-8-5-9-13-21)16-24-22(23(26)17-29-3)15-19-10-6-4-7-11-19/h4-13,18,20,22,24-25H,14-17H2,1-3H3. The first kappa shape index (κ1) is 24.6. The Balaban J connectivity index is 2.11. The molecule has 2 aromatic carbocycles. The molecule has 0 bridgehead atoms. The quantitative estimate of drug-likeness (QED) is 0.490. The second-order valence-electron chi connectivity index (χ2n) is 7.81. The predicted octanol–water partition coefficient (Wildman–Crippen LogP) is 3.51. The minimum absolute atomic E-state index is 0.126. The van der Waals surface area contributed by atoms with Crippen LogP contribution in [0.4, 0.5) is 0 Å². The van der Waals surface area contributed by atoms with E-state index in [4.69, 9.17) is 0 Å². The van der Waals surface area contributed by atoms with Gasteiger partial charge in [-0.2, -0.15) is 11.8 Å². The lowest BCUT2D eigenvalue weighted by Gasteiger charge is -2.24. The van der Waals surface area contributed by atoms with Crippen molar-refractivity contribution in [3.63, 3.8) is 0 Å².